The van der Waals surface area contributed by atoms with Crippen molar-refractivity contribution < 1.29 is 9.59 Å². The third kappa shape index (κ3) is 6.34. The van der Waals surface area contributed by atoms with Crippen LogP contribution in [0.1, 0.15) is 27.2 Å². The SMILES string of the molecule is CCNC(=O)CN1CCN(CC(=O)NC(C)CC)CC1. The van der Waals surface area contributed by atoms with Crippen molar-refractivity contribution in [2.45, 2.75) is 33.2 Å². The maximum absolute atomic E-state index is 11.8. The topological polar surface area (TPSA) is 64.7 Å². The van der Waals surface area contributed by atoms with Crippen molar-refractivity contribution in [3.05, 3.63) is 0 Å². The molecule has 6 nitrogen and oxygen atoms in total. The quantitative estimate of drug-likeness (QED) is 0.671. The zero-order valence-electron chi connectivity index (χ0n) is 12.9. The van der Waals surface area contributed by atoms with Gasteiger partial charge in [-0.1, -0.05) is 6.92 Å². The molecule has 116 valence electrons. The Morgan fingerprint density at radius 3 is 1.95 bits per heavy atom. The number of piperazine rings is 1. The second kappa shape index (κ2) is 8.92. The summed E-state index contributed by atoms with van der Waals surface area (Å²) in [6.07, 6.45) is 0.950. The molecule has 0 saturated carbocycles. The van der Waals surface area contributed by atoms with Crippen molar-refractivity contribution in [3.8, 4) is 0 Å². The van der Waals surface area contributed by atoms with Crippen LogP contribution in [0.4, 0.5) is 0 Å². The molecular formula is C14H28N4O2. The van der Waals surface area contributed by atoms with E-state index < -0.39 is 0 Å². The Balaban J connectivity index is 2.21. The Morgan fingerprint density at radius 2 is 1.50 bits per heavy atom. The van der Waals surface area contributed by atoms with Crippen LogP contribution in [0.15, 0.2) is 0 Å². The van der Waals surface area contributed by atoms with Gasteiger partial charge in [0, 0.05) is 38.8 Å². The van der Waals surface area contributed by atoms with Crippen molar-refractivity contribution in [1.29, 1.82) is 0 Å². The first-order valence-corrected chi connectivity index (χ1v) is 7.55. The van der Waals surface area contributed by atoms with Crippen molar-refractivity contribution in [2.75, 3.05) is 45.8 Å². The maximum Gasteiger partial charge on any atom is 0.234 e. The number of nitrogens with zero attached hydrogens (tertiary/aromatic N) is 2. The number of hydrogen-bond acceptors (Lipinski definition) is 4. The van der Waals surface area contributed by atoms with E-state index in [2.05, 4.69) is 27.4 Å². The lowest BCUT2D eigenvalue weighted by atomic mass is 10.2. The molecule has 1 fully saturated rings. The zero-order valence-corrected chi connectivity index (χ0v) is 12.9. The van der Waals surface area contributed by atoms with E-state index in [0.29, 0.717) is 19.6 Å². The molecule has 2 amide bonds. The second-order valence-corrected chi connectivity index (χ2v) is 5.38. The van der Waals surface area contributed by atoms with E-state index in [1.165, 1.54) is 0 Å². The van der Waals surface area contributed by atoms with Gasteiger partial charge in [-0.3, -0.25) is 19.4 Å². The van der Waals surface area contributed by atoms with Gasteiger partial charge in [0.15, 0.2) is 0 Å². The van der Waals surface area contributed by atoms with Crippen LogP contribution in [0, 0.1) is 0 Å². The number of rotatable bonds is 7. The molecule has 6 heteroatoms. The highest BCUT2D eigenvalue weighted by atomic mass is 16.2. The Labute approximate surface area is 121 Å². The first kappa shape index (κ1) is 16.9. The van der Waals surface area contributed by atoms with Gasteiger partial charge in [-0.2, -0.15) is 0 Å². The molecule has 1 unspecified atom stereocenters. The fraction of sp³-hybridized carbons (Fsp3) is 0.857. The van der Waals surface area contributed by atoms with E-state index in [-0.39, 0.29) is 17.9 Å². The van der Waals surface area contributed by atoms with Gasteiger partial charge in [-0.25, -0.2) is 0 Å². The van der Waals surface area contributed by atoms with E-state index in [1.54, 1.807) is 0 Å². The molecule has 2 N–H and O–H groups in total. The molecule has 1 atom stereocenters. The minimum absolute atomic E-state index is 0.0791. The minimum atomic E-state index is 0.0791. The van der Waals surface area contributed by atoms with Gasteiger partial charge < -0.3 is 10.6 Å². The summed E-state index contributed by atoms with van der Waals surface area (Å²) >= 11 is 0. The molecule has 0 aromatic carbocycles. The number of likely N-dealkylation sites (N-methyl/N-ethyl adjacent to an activating group) is 1. The van der Waals surface area contributed by atoms with Crippen LogP contribution in [0.2, 0.25) is 0 Å². The van der Waals surface area contributed by atoms with Gasteiger partial charge >= 0.3 is 0 Å². The third-order valence-corrected chi connectivity index (χ3v) is 3.59. The summed E-state index contributed by atoms with van der Waals surface area (Å²) in [5.41, 5.74) is 0. The van der Waals surface area contributed by atoms with E-state index in [4.69, 9.17) is 0 Å². The summed E-state index contributed by atoms with van der Waals surface area (Å²) in [6.45, 7) is 11.0. The van der Waals surface area contributed by atoms with Crippen molar-refractivity contribution >= 4 is 11.8 Å². The summed E-state index contributed by atoms with van der Waals surface area (Å²) in [7, 11) is 0. The normalized spacial score (nSPS) is 18.6. The van der Waals surface area contributed by atoms with Crippen molar-refractivity contribution in [2.24, 2.45) is 0 Å². The average Bonchev–Trinajstić information content (AvgIpc) is 2.41. The Hall–Kier alpha value is -1.14. The molecule has 0 radical (unpaired) electrons. The van der Waals surface area contributed by atoms with E-state index >= 15 is 0 Å². The fourth-order valence-electron chi connectivity index (χ4n) is 2.19. The van der Waals surface area contributed by atoms with Gasteiger partial charge in [0.25, 0.3) is 0 Å². The molecule has 1 aliphatic rings. The largest absolute Gasteiger partial charge is 0.355 e. The molecule has 20 heavy (non-hydrogen) atoms. The van der Waals surface area contributed by atoms with E-state index in [0.717, 1.165) is 32.6 Å². The minimum Gasteiger partial charge on any atom is -0.355 e. The Morgan fingerprint density at radius 1 is 1.00 bits per heavy atom. The van der Waals surface area contributed by atoms with Crippen molar-refractivity contribution in [1.82, 2.24) is 20.4 Å². The van der Waals surface area contributed by atoms with Gasteiger partial charge in [0.1, 0.15) is 0 Å². The fourth-order valence-corrected chi connectivity index (χ4v) is 2.19. The van der Waals surface area contributed by atoms with Gasteiger partial charge in [0.2, 0.25) is 11.8 Å². The summed E-state index contributed by atoms with van der Waals surface area (Å²) < 4.78 is 0. The van der Waals surface area contributed by atoms with Crippen LogP contribution in [0.5, 0.6) is 0 Å². The standard InChI is InChI=1S/C14H28N4O2/c1-4-12(3)16-14(20)11-18-8-6-17(7-9-18)10-13(19)15-5-2/h12H,4-11H2,1-3H3,(H,15,19)(H,16,20). The number of nitrogens with one attached hydrogen (secondary N) is 2. The van der Waals surface area contributed by atoms with E-state index in [1.807, 2.05) is 13.8 Å². The van der Waals surface area contributed by atoms with Crippen molar-refractivity contribution in [3.63, 3.8) is 0 Å². The molecule has 1 saturated heterocycles. The van der Waals surface area contributed by atoms with Crippen LogP contribution >= 0.6 is 0 Å². The lowest BCUT2D eigenvalue weighted by Crippen LogP contribution is -2.52. The van der Waals surface area contributed by atoms with Crippen LogP contribution in [-0.2, 0) is 9.59 Å². The highest BCUT2D eigenvalue weighted by Crippen LogP contribution is 2.01. The summed E-state index contributed by atoms with van der Waals surface area (Å²) in [6, 6.07) is 0.238. The lowest BCUT2D eigenvalue weighted by molar-refractivity contribution is -0.125. The van der Waals surface area contributed by atoms with E-state index in [9.17, 15) is 9.59 Å². The first-order valence-electron chi connectivity index (χ1n) is 7.55. The van der Waals surface area contributed by atoms with Crippen LogP contribution in [0.25, 0.3) is 0 Å². The molecule has 0 bridgehead atoms. The first-order chi connectivity index (χ1) is 9.55. The van der Waals surface area contributed by atoms with Gasteiger partial charge in [-0.15, -0.1) is 0 Å². The maximum atomic E-state index is 11.8. The highest BCUT2D eigenvalue weighted by molar-refractivity contribution is 5.78. The highest BCUT2D eigenvalue weighted by Gasteiger charge is 2.20. The summed E-state index contributed by atoms with van der Waals surface area (Å²) in [5, 5.41) is 5.78. The molecule has 1 rings (SSSR count). The molecule has 0 aliphatic carbocycles. The summed E-state index contributed by atoms with van der Waals surface area (Å²) in [4.78, 5) is 27.6. The predicted octanol–water partition coefficient (Wildman–Crippen LogP) is -0.345. The van der Waals surface area contributed by atoms with Crippen LogP contribution in [0.3, 0.4) is 0 Å². The second-order valence-electron chi connectivity index (χ2n) is 5.38. The Kier molecular flexibility index (Phi) is 7.54. The number of hydrogen-bond donors (Lipinski definition) is 2. The molecule has 0 spiro atoms. The number of amides is 2. The third-order valence-electron chi connectivity index (χ3n) is 3.59. The zero-order chi connectivity index (χ0) is 15.0. The molecule has 1 heterocycles. The predicted molar refractivity (Wildman–Crippen MR) is 79.5 cm³/mol. The monoisotopic (exact) mass is 284 g/mol. The number of carbonyl (C=O) groups is 2. The smallest absolute Gasteiger partial charge is 0.234 e. The molecule has 0 aromatic heterocycles. The lowest BCUT2D eigenvalue weighted by Gasteiger charge is -2.34. The molecular weight excluding hydrogens is 256 g/mol. The van der Waals surface area contributed by atoms with Crippen LogP contribution < -0.4 is 10.6 Å². The molecule has 1 aliphatic heterocycles. The van der Waals surface area contributed by atoms with Gasteiger partial charge in [-0.05, 0) is 20.3 Å². The number of carbonyl (C=O) groups excluding carboxylic acids is 2. The van der Waals surface area contributed by atoms with Crippen LogP contribution in [-0.4, -0.2) is 73.5 Å². The Bertz CT molecular complexity index is 314. The average molecular weight is 284 g/mol. The molecule has 0 aromatic rings. The summed E-state index contributed by atoms with van der Waals surface area (Å²) in [5.74, 6) is 0.173. The van der Waals surface area contributed by atoms with Gasteiger partial charge in [0.05, 0.1) is 13.1 Å².